The standard InChI is InChI=1S/C20H24F2N2O/c1-25-20-4-2-16(3-5-20)6-7-23-8-10-24(11-9-23)15-17-12-18(21)14-19(22)13-17/h2-5,12-14H,6-11,15H2,1H3. The van der Waals surface area contributed by atoms with Gasteiger partial charge in [-0.05, 0) is 41.8 Å². The summed E-state index contributed by atoms with van der Waals surface area (Å²) in [5, 5.41) is 0. The molecule has 2 aromatic carbocycles. The predicted octanol–water partition coefficient (Wildman–Crippen LogP) is 3.33. The molecule has 0 aliphatic carbocycles. The van der Waals surface area contributed by atoms with Gasteiger partial charge < -0.3 is 9.64 Å². The molecule has 0 unspecified atom stereocenters. The summed E-state index contributed by atoms with van der Waals surface area (Å²) in [4.78, 5) is 4.69. The molecule has 1 heterocycles. The van der Waals surface area contributed by atoms with Crippen molar-refractivity contribution in [2.75, 3.05) is 39.8 Å². The van der Waals surface area contributed by atoms with Crippen molar-refractivity contribution >= 4 is 0 Å². The summed E-state index contributed by atoms with van der Waals surface area (Å²) in [7, 11) is 1.67. The molecule has 0 spiro atoms. The minimum absolute atomic E-state index is 0.506. The van der Waals surface area contributed by atoms with Crippen LogP contribution in [-0.4, -0.2) is 49.6 Å². The van der Waals surface area contributed by atoms with E-state index in [1.807, 2.05) is 12.1 Å². The lowest BCUT2D eigenvalue weighted by atomic mass is 10.1. The van der Waals surface area contributed by atoms with E-state index in [2.05, 4.69) is 21.9 Å². The van der Waals surface area contributed by atoms with Crippen LogP contribution in [0.25, 0.3) is 0 Å². The topological polar surface area (TPSA) is 15.7 Å². The largest absolute Gasteiger partial charge is 0.497 e. The fraction of sp³-hybridized carbons (Fsp3) is 0.400. The Hall–Kier alpha value is -1.98. The molecule has 0 bridgehead atoms. The first kappa shape index (κ1) is 17.8. The predicted molar refractivity (Wildman–Crippen MR) is 94.8 cm³/mol. The third kappa shape index (κ3) is 5.25. The maximum Gasteiger partial charge on any atom is 0.126 e. The van der Waals surface area contributed by atoms with Gasteiger partial charge in [0.15, 0.2) is 0 Å². The number of methoxy groups -OCH3 is 1. The lowest BCUT2D eigenvalue weighted by Crippen LogP contribution is -2.46. The Kier molecular flexibility index (Phi) is 6.00. The molecule has 0 amide bonds. The van der Waals surface area contributed by atoms with Crippen molar-refractivity contribution < 1.29 is 13.5 Å². The average molecular weight is 346 g/mol. The third-order valence-corrected chi connectivity index (χ3v) is 4.67. The lowest BCUT2D eigenvalue weighted by molar-refractivity contribution is 0.128. The molecule has 134 valence electrons. The van der Waals surface area contributed by atoms with Crippen molar-refractivity contribution in [1.82, 2.24) is 9.80 Å². The molecule has 0 radical (unpaired) electrons. The minimum atomic E-state index is -0.506. The van der Waals surface area contributed by atoms with E-state index in [1.165, 1.54) is 17.7 Å². The van der Waals surface area contributed by atoms with Gasteiger partial charge in [0.2, 0.25) is 0 Å². The highest BCUT2D eigenvalue weighted by Gasteiger charge is 2.17. The van der Waals surface area contributed by atoms with Gasteiger partial charge >= 0.3 is 0 Å². The van der Waals surface area contributed by atoms with E-state index in [0.717, 1.165) is 51.0 Å². The average Bonchev–Trinajstić information content (AvgIpc) is 2.61. The highest BCUT2D eigenvalue weighted by molar-refractivity contribution is 5.27. The maximum absolute atomic E-state index is 13.3. The zero-order chi connectivity index (χ0) is 17.6. The molecule has 3 rings (SSSR count). The number of halogens is 2. The van der Waals surface area contributed by atoms with Gasteiger partial charge in [-0.3, -0.25) is 4.90 Å². The summed E-state index contributed by atoms with van der Waals surface area (Å²) in [5.74, 6) is -0.132. The monoisotopic (exact) mass is 346 g/mol. The normalized spacial score (nSPS) is 16.1. The van der Waals surface area contributed by atoms with Crippen LogP contribution in [0, 0.1) is 11.6 Å². The second kappa shape index (κ2) is 8.41. The Morgan fingerprint density at radius 1 is 0.840 bits per heavy atom. The van der Waals surface area contributed by atoms with Crippen LogP contribution in [0.4, 0.5) is 8.78 Å². The van der Waals surface area contributed by atoms with Crippen LogP contribution in [0.3, 0.4) is 0 Å². The van der Waals surface area contributed by atoms with Crippen LogP contribution in [0.2, 0.25) is 0 Å². The van der Waals surface area contributed by atoms with Gasteiger partial charge in [-0.25, -0.2) is 8.78 Å². The molecule has 1 fully saturated rings. The van der Waals surface area contributed by atoms with Crippen LogP contribution in [0.15, 0.2) is 42.5 Å². The van der Waals surface area contributed by atoms with Crippen molar-refractivity contribution in [3.63, 3.8) is 0 Å². The van der Waals surface area contributed by atoms with Crippen LogP contribution >= 0.6 is 0 Å². The van der Waals surface area contributed by atoms with Crippen LogP contribution in [-0.2, 0) is 13.0 Å². The van der Waals surface area contributed by atoms with Crippen molar-refractivity contribution in [3.05, 3.63) is 65.2 Å². The van der Waals surface area contributed by atoms with Crippen molar-refractivity contribution in [2.24, 2.45) is 0 Å². The van der Waals surface area contributed by atoms with E-state index in [1.54, 1.807) is 7.11 Å². The Balaban J connectivity index is 1.43. The second-order valence-electron chi connectivity index (χ2n) is 6.49. The first-order valence-electron chi connectivity index (χ1n) is 8.65. The zero-order valence-electron chi connectivity index (χ0n) is 14.5. The first-order valence-corrected chi connectivity index (χ1v) is 8.65. The summed E-state index contributed by atoms with van der Waals surface area (Å²) in [6.07, 6.45) is 1.01. The SMILES string of the molecule is COc1ccc(CCN2CCN(Cc3cc(F)cc(F)c3)CC2)cc1. The molecule has 0 N–H and O–H groups in total. The summed E-state index contributed by atoms with van der Waals surface area (Å²) in [6.45, 7) is 5.42. The number of benzene rings is 2. The van der Waals surface area contributed by atoms with Crippen LogP contribution in [0.5, 0.6) is 5.75 Å². The highest BCUT2D eigenvalue weighted by Crippen LogP contribution is 2.14. The third-order valence-electron chi connectivity index (χ3n) is 4.67. The van der Waals surface area contributed by atoms with Crippen molar-refractivity contribution in [3.8, 4) is 5.75 Å². The first-order chi connectivity index (χ1) is 12.1. The molecule has 3 nitrogen and oxygen atoms in total. The van der Waals surface area contributed by atoms with Gasteiger partial charge in [-0.2, -0.15) is 0 Å². The minimum Gasteiger partial charge on any atom is -0.497 e. The number of rotatable bonds is 6. The molecule has 5 heteroatoms. The van der Waals surface area contributed by atoms with Gasteiger partial charge in [0.25, 0.3) is 0 Å². The van der Waals surface area contributed by atoms with Crippen LogP contribution < -0.4 is 4.74 Å². The fourth-order valence-electron chi connectivity index (χ4n) is 3.21. The summed E-state index contributed by atoms with van der Waals surface area (Å²) in [5.41, 5.74) is 2.00. The number of hydrogen-bond donors (Lipinski definition) is 0. The number of hydrogen-bond acceptors (Lipinski definition) is 3. The molecule has 1 saturated heterocycles. The zero-order valence-corrected chi connectivity index (χ0v) is 14.5. The highest BCUT2D eigenvalue weighted by atomic mass is 19.1. The van der Waals surface area contributed by atoms with Crippen molar-refractivity contribution in [1.29, 1.82) is 0 Å². The summed E-state index contributed by atoms with van der Waals surface area (Å²) in [6, 6.07) is 11.9. The molecule has 0 atom stereocenters. The summed E-state index contributed by atoms with van der Waals surface area (Å²) < 4.78 is 31.7. The van der Waals surface area contributed by atoms with Crippen LogP contribution in [0.1, 0.15) is 11.1 Å². The van der Waals surface area contributed by atoms with E-state index in [0.29, 0.717) is 12.1 Å². The van der Waals surface area contributed by atoms with E-state index >= 15 is 0 Å². The van der Waals surface area contributed by atoms with Crippen molar-refractivity contribution in [2.45, 2.75) is 13.0 Å². The van der Waals surface area contributed by atoms with Gasteiger partial charge in [-0.15, -0.1) is 0 Å². The summed E-state index contributed by atoms with van der Waals surface area (Å²) >= 11 is 0. The Bertz CT molecular complexity index is 662. The molecule has 1 aliphatic heterocycles. The number of ether oxygens (including phenoxy) is 1. The van der Waals surface area contributed by atoms with E-state index < -0.39 is 11.6 Å². The van der Waals surface area contributed by atoms with E-state index in [4.69, 9.17) is 4.74 Å². The smallest absolute Gasteiger partial charge is 0.126 e. The number of piperazine rings is 1. The van der Waals surface area contributed by atoms with Gasteiger partial charge in [0, 0.05) is 45.3 Å². The molecular formula is C20H24F2N2O. The Morgan fingerprint density at radius 3 is 2.04 bits per heavy atom. The Labute approximate surface area is 147 Å². The molecule has 0 aromatic heterocycles. The van der Waals surface area contributed by atoms with E-state index in [-0.39, 0.29) is 0 Å². The molecule has 1 aliphatic rings. The molecule has 25 heavy (non-hydrogen) atoms. The second-order valence-corrected chi connectivity index (χ2v) is 6.49. The van der Waals surface area contributed by atoms with Gasteiger partial charge in [0.1, 0.15) is 17.4 Å². The van der Waals surface area contributed by atoms with Gasteiger partial charge in [0.05, 0.1) is 7.11 Å². The quantitative estimate of drug-likeness (QED) is 0.798. The van der Waals surface area contributed by atoms with E-state index in [9.17, 15) is 8.78 Å². The molecular weight excluding hydrogens is 322 g/mol. The molecule has 0 saturated carbocycles. The number of nitrogens with zero attached hydrogens (tertiary/aromatic N) is 2. The maximum atomic E-state index is 13.3. The van der Waals surface area contributed by atoms with Gasteiger partial charge in [-0.1, -0.05) is 12.1 Å². The lowest BCUT2D eigenvalue weighted by Gasteiger charge is -2.34. The Morgan fingerprint density at radius 2 is 1.44 bits per heavy atom. The fourth-order valence-corrected chi connectivity index (χ4v) is 3.21. The molecule has 2 aromatic rings.